The van der Waals surface area contributed by atoms with Crippen LogP contribution in [-0.2, 0) is 19.1 Å². The molecule has 1 aromatic rings. The lowest BCUT2D eigenvalue weighted by Gasteiger charge is -2.18. The van der Waals surface area contributed by atoms with Crippen LogP contribution in [0.5, 0.6) is 0 Å². The van der Waals surface area contributed by atoms with Gasteiger partial charge in [0.25, 0.3) is 5.91 Å². The lowest BCUT2D eigenvalue weighted by atomic mass is 10.2. The number of carbonyl (C=O) groups is 3. The van der Waals surface area contributed by atoms with Gasteiger partial charge in [-0.05, 0) is 18.6 Å². The van der Waals surface area contributed by atoms with Crippen molar-refractivity contribution >= 4 is 23.9 Å². The number of esters is 1. The van der Waals surface area contributed by atoms with Gasteiger partial charge in [-0.1, -0.05) is 30.3 Å². The van der Waals surface area contributed by atoms with Crippen molar-refractivity contribution in [1.82, 2.24) is 10.2 Å². The molecule has 22 heavy (non-hydrogen) atoms. The highest BCUT2D eigenvalue weighted by Gasteiger charge is 2.22. The summed E-state index contributed by atoms with van der Waals surface area (Å²) in [7, 11) is 3.14. The first-order chi connectivity index (χ1) is 10.3. The van der Waals surface area contributed by atoms with Gasteiger partial charge in [-0.2, -0.15) is 0 Å². The molecule has 0 heterocycles. The van der Waals surface area contributed by atoms with Crippen molar-refractivity contribution in [2.45, 2.75) is 20.0 Å². The number of likely N-dealkylation sites (N-methyl/N-ethyl adjacent to an activating group) is 1. The highest BCUT2D eigenvalue weighted by Crippen LogP contribution is 2.08. The minimum absolute atomic E-state index is 0.0166. The van der Waals surface area contributed by atoms with Gasteiger partial charge in [0.15, 0.2) is 6.10 Å². The number of hydrogen-bond acceptors (Lipinski definition) is 4. The summed E-state index contributed by atoms with van der Waals surface area (Å²) in [4.78, 5) is 36.4. The molecule has 2 amide bonds. The molecule has 0 radical (unpaired) electrons. The molecular weight excluding hydrogens is 284 g/mol. The minimum Gasteiger partial charge on any atom is -0.448 e. The van der Waals surface area contributed by atoms with E-state index >= 15 is 0 Å². The molecule has 0 aliphatic heterocycles. The molecule has 0 aliphatic carbocycles. The summed E-state index contributed by atoms with van der Waals surface area (Å²) in [6.07, 6.45) is 0.562. The van der Waals surface area contributed by atoms with E-state index in [1.165, 1.54) is 24.8 Å². The van der Waals surface area contributed by atoms with Crippen molar-refractivity contribution in [3.8, 4) is 0 Å². The molecule has 6 nitrogen and oxygen atoms in total. The standard InChI is InChI=1S/C16H20N2O4/c1-11(15(20)18(3)4)22-16(21)14(17-12(2)19)10-13-8-6-5-7-9-13/h5-11H,1-4H3,(H,17,19)/b14-10-/t11-/m1/s1. The van der Waals surface area contributed by atoms with Crippen LogP contribution < -0.4 is 5.32 Å². The van der Waals surface area contributed by atoms with Gasteiger partial charge < -0.3 is 15.0 Å². The van der Waals surface area contributed by atoms with Crippen LogP contribution >= 0.6 is 0 Å². The summed E-state index contributed by atoms with van der Waals surface area (Å²) in [6, 6.07) is 9.01. The maximum atomic E-state index is 12.1. The van der Waals surface area contributed by atoms with E-state index in [4.69, 9.17) is 4.74 Å². The van der Waals surface area contributed by atoms with Crippen LogP contribution in [0, 0.1) is 0 Å². The fourth-order valence-electron chi connectivity index (χ4n) is 1.69. The molecule has 0 fully saturated rings. The van der Waals surface area contributed by atoms with Crippen molar-refractivity contribution in [2.24, 2.45) is 0 Å². The van der Waals surface area contributed by atoms with Crippen molar-refractivity contribution in [3.63, 3.8) is 0 Å². The van der Waals surface area contributed by atoms with E-state index in [2.05, 4.69) is 5.32 Å². The van der Waals surface area contributed by atoms with Crippen molar-refractivity contribution in [3.05, 3.63) is 41.6 Å². The molecular formula is C16H20N2O4. The summed E-state index contributed by atoms with van der Waals surface area (Å²) < 4.78 is 5.10. The lowest BCUT2D eigenvalue weighted by molar-refractivity contribution is -0.155. The molecule has 0 unspecified atom stereocenters. The van der Waals surface area contributed by atoms with Crippen LogP contribution in [0.4, 0.5) is 0 Å². The summed E-state index contributed by atoms with van der Waals surface area (Å²) in [6.45, 7) is 2.77. The number of hydrogen-bond donors (Lipinski definition) is 1. The summed E-state index contributed by atoms with van der Waals surface area (Å²) in [5.74, 6) is -1.50. The first kappa shape index (κ1) is 17.4. The topological polar surface area (TPSA) is 75.7 Å². The molecule has 118 valence electrons. The molecule has 1 aromatic carbocycles. The van der Waals surface area contributed by atoms with E-state index in [1.54, 1.807) is 38.4 Å². The number of carbonyl (C=O) groups excluding carboxylic acids is 3. The van der Waals surface area contributed by atoms with Crippen LogP contribution in [0.1, 0.15) is 19.4 Å². The Labute approximate surface area is 129 Å². The number of nitrogens with zero attached hydrogens (tertiary/aromatic N) is 1. The highest BCUT2D eigenvalue weighted by molar-refractivity contribution is 5.98. The SMILES string of the molecule is CC(=O)N/C(=C\c1ccccc1)C(=O)O[C@H](C)C(=O)N(C)C. The zero-order valence-electron chi connectivity index (χ0n) is 13.1. The largest absolute Gasteiger partial charge is 0.448 e. The van der Waals surface area contributed by atoms with Crippen LogP contribution in [0.15, 0.2) is 36.0 Å². The Morgan fingerprint density at radius 2 is 1.77 bits per heavy atom. The predicted octanol–water partition coefficient (Wildman–Crippen LogP) is 1.18. The first-order valence-corrected chi connectivity index (χ1v) is 6.77. The number of amides is 2. The lowest BCUT2D eigenvalue weighted by Crippen LogP contribution is -2.37. The Bertz CT molecular complexity index is 579. The van der Waals surface area contributed by atoms with E-state index in [-0.39, 0.29) is 11.6 Å². The normalized spacial score (nSPS) is 12.3. The van der Waals surface area contributed by atoms with Gasteiger partial charge in [0.2, 0.25) is 5.91 Å². The van der Waals surface area contributed by atoms with Gasteiger partial charge in [0, 0.05) is 21.0 Å². The minimum atomic E-state index is -0.935. The predicted molar refractivity (Wildman–Crippen MR) is 82.5 cm³/mol. The van der Waals surface area contributed by atoms with E-state index < -0.39 is 18.0 Å². The van der Waals surface area contributed by atoms with Crippen LogP contribution in [-0.4, -0.2) is 42.9 Å². The van der Waals surface area contributed by atoms with Gasteiger partial charge in [-0.15, -0.1) is 0 Å². The van der Waals surface area contributed by atoms with Crippen molar-refractivity contribution in [2.75, 3.05) is 14.1 Å². The van der Waals surface area contributed by atoms with Crippen LogP contribution in [0.25, 0.3) is 6.08 Å². The highest BCUT2D eigenvalue weighted by atomic mass is 16.5. The first-order valence-electron chi connectivity index (χ1n) is 6.77. The number of rotatable bonds is 5. The summed E-state index contributed by atoms with van der Waals surface area (Å²) >= 11 is 0. The van der Waals surface area contributed by atoms with E-state index in [0.717, 1.165) is 5.56 Å². The number of ether oxygens (including phenoxy) is 1. The maximum Gasteiger partial charge on any atom is 0.355 e. The van der Waals surface area contributed by atoms with Crippen LogP contribution in [0.3, 0.4) is 0 Å². The van der Waals surface area contributed by atoms with E-state index in [1.807, 2.05) is 6.07 Å². The molecule has 1 N–H and O–H groups in total. The zero-order valence-corrected chi connectivity index (χ0v) is 13.1. The summed E-state index contributed by atoms with van der Waals surface area (Å²) in [5, 5.41) is 2.42. The monoisotopic (exact) mass is 304 g/mol. The smallest absolute Gasteiger partial charge is 0.355 e. The fourth-order valence-corrected chi connectivity index (χ4v) is 1.69. The Morgan fingerprint density at radius 3 is 2.27 bits per heavy atom. The Kier molecular flexibility index (Phi) is 6.31. The molecule has 1 atom stereocenters. The Hall–Kier alpha value is -2.63. The van der Waals surface area contributed by atoms with Crippen LogP contribution in [0.2, 0.25) is 0 Å². The molecule has 0 aromatic heterocycles. The second-order valence-corrected chi connectivity index (χ2v) is 4.93. The molecule has 0 bridgehead atoms. The Balaban J connectivity index is 2.93. The second kappa shape index (κ2) is 7.97. The molecule has 1 rings (SSSR count). The second-order valence-electron chi connectivity index (χ2n) is 4.93. The fraction of sp³-hybridized carbons (Fsp3) is 0.312. The third kappa shape index (κ3) is 5.40. The van der Waals surface area contributed by atoms with E-state index in [0.29, 0.717) is 0 Å². The van der Waals surface area contributed by atoms with Gasteiger partial charge in [-0.25, -0.2) is 4.79 Å². The quantitative estimate of drug-likeness (QED) is 0.655. The molecule has 0 saturated heterocycles. The van der Waals surface area contributed by atoms with Gasteiger partial charge >= 0.3 is 5.97 Å². The van der Waals surface area contributed by atoms with Gasteiger partial charge in [0.1, 0.15) is 5.70 Å². The number of nitrogens with one attached hydrogen (secondary N) is 1. The Morgan fingerprint density at radius 1 is 1.18 bits per heavy atom. The summed E-state index contributed by atoms with van der Waals surface area (Å²) in [5.41, 5.74) is 0.715. The average molecular weight is 304 g/mol. The molecule has 6 heteroatoms. The third-order valence-corrected chi connectivity index (χ3v) is 2.71. The van der Waals surface area contributed by atoms with Gasteiger partial charge in [0.05, 0.1) is 0 Å². The van der Waals surface area contributed by atoms with E-state index in [9.17, 15) is 14.4 Å². The molecule has 0 saturated carbocycles. The third-order valence-electron chi connectivity index (χ3n) is 2.71. The average Bonchev–Trinajstić information content (AvgIpc) is 2.46. The molecule has 0 aliphatic rings. The van der Waals surface area contributed by atoms with Crippen molar-refractivity contribution in [1.29, 1.82) is 0 Å². The zero-order chi connectivity index (χ0) is 16.7. The number of benzene rings is 1. The molecule has 0 spiro atoms. The maximum absolute atomic E-state index is 12.1. The van der Waals surface area contributed by atoms with Crippen molar-refractivity contribution < 1.29 is 19.1 Å². The van der Waals surface area contributed by atoms with Gasteiger partial charge in [-0.3, -0.25) is 9.59 Å².